The molecule has 1 atom stereocenters. The number of carbonyl (C=O) groups excluding carboxylic acids is 4. The zero-order chi connectivity index (χ0) is 23.8. The smallest absolute Gasteiger partial charge is 0.408 e. The second-order valence-corrected chi connectivity index (χ2v) is 6.70. The normalized spacial score (nSPS) is 11.0. The van der Waals surface area contributed by atoms with E-state index in [0.29, 0.717) is 12.8 Å². The maximum Gasteiger partial charge on any atom is 0.408 e. The Bertz CT molecular complexity index is 773. The van der Waals surface area contributed by atoms with E-state index in [1.54, 1.807) is 24.3 Å². The number of aliphatic carboxylic acids is 1. The summed E-state index contributed by atoms with van der Waals surface area (Å²) in [5.74, 6) is -2.63. The SMILES string of the molecule is NCC(=O)NCC(=O)NCC(=O)NCCCC[C@@H](NC(=O)OCc1ccccc1)C(=O)O. The lowest BCUT2D eigenvalue weighted by Crippen LogP contribution is -2.43. The Kier molecular flexibility index (Phi) is 12.5. The van der Waals surface area contributed by atoms with Crippen LogP contribution in [0, 0.1) is 0 Å². The van der Waals surface area contributed by atoms with Crippen molar-refractivity contribution < 1.29 is 33.8 Å². The molecule has 12 nitrogen and oxygen atoms in total. The van der Waals surface area contributed by atoms with Gasteiger partial charge in [-0.3, -0.25) is 14.4 Å². The van der Waals surface area contributed by atoms with Gasteiger partial charge in [-0.25, -0.2) is 9.59 Å². The third kappa shape index (κ3) is 12.1. The van der Waals surface area contributed by atoms with Crippen LogP contribution in [0.1, 0.15) is 24.8 Å². The first-order valence-electron chi connectivity index (χ1n) is 10.0. The van der Waals surface area contributed by atoms with E-state index in [2.05, 4.69) is 21.3 Å². The maximum absolute atomic E-state index is 11.8. The molecule has 0 aliphatic heterocycles. The van der Waals surface area contributed by atoms with Crippen molar-refractivity contribution in [2.24, 2.45) is 5.73 Å². The van der Waals surface area contributed by atoms with Gasteiger partial charge in [0, 0.05) is 6.54 Å². The van der Waals surface area contributed by atoms with E-state index in [4.69, 9.17) is 10.5 Å². The van der Waals surface area contributed by atoms with Crippen molar-refractivity contribution >= 4 is 29.8 Å². The van der Waals surface area contributed by atoms with Gasteiger partial charge in [-0.1, -0.05) is 30.3 Å². The monoisotopic (exact) mass is 451 g/mol. The first-order chi connectivity index (χ1) is 15.3. The summed E-state index contributed by atoms with van der Waals surface area (Å²) in [6.45, 7) is -0.476. The molecule has 0 heterocycles. The van der Waals surface area contributed by atoms with Crippen molar-refractivity contribution in [3.05, 3.63) is 35.9 Å². The summed E-state index contributed by atoms with van der Waals surface area (Å²) in [7, 11) is 0. The number of ether oxygens (including phenoxy) is 1. The summed E-state index contributed by atoms with van der Waals surface area (Å²) < 4.78 is 5.02. The molecule has 0 aliphatic rings. The molecule has 0 bridgehead atoms. The Hall–Kier alpha value is -3.67. The first-order valence-corrected chi connectivity index (χ1v) is 10.0. The summed E-state index contributed by atoms with van der Waals surface area (Å²) in [5, 5.41) is 18.7. The van der Waals surface area contributed by atoms with Gasteiger partial charge < -0.3 is 36.8 Å². The van der Waals surface area contributed by atoms with Gasteiger partial charge in [0.2, 0.25) is 17.7 Å². The van der Waals surface area contributed by atoms with E-state index >= 15 is 0 Å². The fraction of sp³-hybridized carbons (Fsp3) is 0.450. The van der Waals surface area contributed by atoms with Crippen LogP contribution in [0.15, 0.2) is 30.3 Å². The van der Waals surface area contributed by atoms with E-state index in [1.165, 1.54) is 0 Å². The molecular weight excluding hydrogens is 422 g/mol. The number of amides is 4. The van der Waals surface area contributed by atoms with Gasteiger partial charge >= 0.3 is 12.1 Å². The van der Waals surface area contributed by atoms with Gasteiger partial charge in [0.25, 0.3) is 0 Å². The van der Waals surface area contributed by atoms with E-state index in [0.717, 1.165) is 5.56 Å². The third-order valence-corrected chi connectivity index (χ3v) is 4.12. The van der Waals surface area contributed by atoms with E-state index in [-0.39, 0.29) is 39.2 Å². The molecule has 1 rings (SSSR count). The zero-order valence-electron chi connectivity index (χ0n) is 17.6. The van der Waals surface area contributed by atoms with Crippen LogP contribution < -0.4 is 27.0 Å². The van der Waals surface area contributed by atoms with Crippen LogP contribution in [0.5, 0.6) is 0 Å². The Morgan fingerprint density at radius 1 is 0.906 bits per heavy atom. The molecule has 0 saturated carbocycles. The lowest BCUT2D eigenvalue weighted by molar-refractivity contribution is -0.139. The number of hydrogen-bond acceptors (Lipinski definition) is 7. The molecule has 12 heteroatoms. The standard InChI is InChI=1S/C20H29N5O7/c21-10-16(26)23-12-18(28)24-11-17(27)22-9-5-4-8-15(19(29)30)25-20(31)32-13-14-6-2-1-3-7-14/h1-3,6-7,15H,4-5,8-13,21H2,(H,22,27)(H,23,26)(H,24,28)(H,25,31)(H,29,30)/t15-/m1/s1. The maximum atomic E-state index is 11.8. The Morgan fingerprint density at radius 3 is 2.16 bits per heavy atom. The van der Waals surface area contributed by atoms with Crippen molar-refractivity contribution in [1.82, 2.24) is 21.3 Å². The van der Waals surface area contributed by atoms with E-state index < -0.39 is 35.8 Å². The average molecular weight is 451 g/mol. The van der Waals surface area contributed by atoms with Gasteiger partial charge in [0.05, 0.1) is 19.6 Å². The summed E-state index contributed by atoms with van der Waals surface area (Å²) >= 11 is 0. The minimum Gasteiger partial charge on any atom is -0.480 e. The van der Waals surface area contributed by atoms with Crippen LogP contribution in [0.2, 0.25) is 0 Å². The predicted octanol–water partition coefficient (Wildman–Crippen LogP) is -1.16. The Labute approximate surface area is 185 Å². The Balaban J connectivity index is 2.18. The third-order valence-electron chi connectivity index (χ3n) is 4.12. The van der Waals surface area contributed by atoms with Gasteiger partial charge in [-0.2, -0.15) is 0 Å². The molecule has 0 unspecified atom stereocenters. The van der Waals surface area contributed by atoms with Crippen molar-refractivity contribution in [2.45, 2.75) is 31.9 Å². The number of rotatable bonds is 14. The number of carboxylic acid groups (broad SMARTS) is 1. The predicted molar refractivity (Wildman–Crippen MR) is 113 cm³/mol. The number of unbranched alkanes of at least 4 members (excludes halogenated alkanes) is 1. The average Bonchev–Trinajstić information content (AvgIpc) is 2.79. The molecule has 1 aromatic rings. The molecule has 0 aliphatic carbocycles. The van der Waals surface area contributed by atoms with Crippen molar-refractivity contribution in [2.75, 3.05) is 26.2 Å². The number of nitrogens with one attached hydrogen (secondary N) is 4. The second kappa shape index (κ2) is 15.2. The zero-order valence-corrected chi connectivity index (χ0v) is 17.6. The quantitative estimate of drug-likeness (QED) is 0.191. The number of carboxylic acids is 1. The highest BCUT2D eigenvalue weighted by Crippen LogP contribution is 2.04. The van der Waals surface area contributed by atoms with Crippen LogP contribution >= 0.6 is 0 Å². The molecule has 0 aromatic heterocycles. The molecule has 0 radical (unpaired) electrons. The first kappa shape index (κ1) is 26.4. The van der Waals surface area contributed by atoms with Crippen molar-refractivity contribution in [1.29, 1.82) is 0 Å². The Morgan fingerprint density at radius 2 is 1.53 bits per heavy atom. The topological polar surface area (TPSA) is 189 Å². The van der Waals surface area contributed by atoms with Crippen molar-refractivity contribution in [3.63, 3.8) is 0 Å². The highest BCUT2D eigenvalue weighted by molar-refractivity contribution is 5.88. The highest BCUT2D eigenvalue weighted by Gasteiger charge is 2.20. The highest BCUT2D eigenvalue weighted by atomic mass is 16.5. The second-order valence-electron chi connectivity index (χ2n) is 6.70. The molecular formula is C20H29N5O7. The number of nitrogens with two attached hydrogens (primary N) is 1. The molecule has 7 N–H and O–H groups in total. The molecule has 32 heavy (non-hydrogen) atoms. The number of hydrogen-bond donors (Lipinski definition) is 6. The molecule has 176 valence electrons. The molecule has 0 saturated heterocycles. The lowest BCUT2D eigenvalue weighted by atomic mass is 10.1. The van der Waals surface area contributed by atoms with Gasteiger partial charge in [0.15, 0.2) is 0 Å². The molecule has 4 amide bonds. The summed E-state index contributed by atoms with van der Waals surface area (Å²) in [6, 6.07) is 7.87. The van der Waals surface area contributed by atoms with Crippen molar-refractivity contribution in [3.8, 4) is 0 Å². The molecule has 1 aromatic carbocycles. The largest absolute Gasteiger partial charge is 0.480 e. The fourth-order valence-corrected chi connectivity index (χ4v) is 2.42. The van der Waals surface area contributed by atoms with E-state index in [9.17, 15) is 29.1 Å². The van der Waals surface area contributed by atoms with Crippen LogP contribution in [-0.4, -0.2) is 67.1 Å². The number of carbonyl (C=O) groups is 5. The fourth-order valence-electron chi connectivity index (χ4n) is 2.42. The van der Waals surface area contributed by atoms with E-state index in [1.807, 2.05) is 6.07 Å². The van der Waals surface area contributed by atoms with Gasteiger partial charge in [-0.05, 0) is 24.8 Å². The number of alkyl carbamates (subject to hydrolysis) is 1. The van der Waals surface area contributed by atoms with Gasteiger partial charge in [0.1, 0.15) is 12.6 Å². The summed E-state index contributed by atoms with van der Waals surface area (Å²) in [5.41, 5.74) is 5.87. The van der Waals surface area contributed by atoms with Gasteiger partial charge in [-0.15, -0.1) is 0 Å². The summed E-state index contributed by atoms with van der Waals surface area (Å²) in [4.78, 5) is 57.2. The van der Waals surface area contributed by atoms with Crippen LogP contribution in [0.25, 0.3) is 0 Å². The molecule has 0 fully saturated rings. The van der Waals surface area contributed by atoms with Crippen LogP contribution in [-0.2, 0) is 30.5 Å². The lowest BCUT2D eigenvalue weighted by Gasteiger charge is -2.14. The number of benzene rings is 1. The van der Waals surface area contributed by atoms with Crippen LogP contribution in [0.4, 0.5) is 4.79 Å². The minimum absolute atomic E-state index is 0.0287. The summed E-state index contributed by atoms with van der Waals surface area (Å²) in [6.07, 6.45) is 0.223. The minimum atomic E-state index is -1.19. The molecule has 0 spiro atoms. The van der Waals surface area contributed by atoms with Crippen LogP contribution in [0.3, 0.4) is 0 Å².